The molecular formula is C10H11ClN4. The zero-order valence-corrected chi connectivity index (χ0v) is 8.83. The van der Waals surface area contributed by atoms with Gasteiger partial charge in [0.25, 0.3) is 0 Å². The van der Waals surface area contributed by atoms with Gasteiger partial charge >= 0.3 is 0 Å². The average molecular weight is 223 g/mol. The van der Waals surface area contributed by atoms with Crippen molar-refractivity contribution in [2.45, 2.75) is 6.42 Å². The molecule has 5 heteroatoms. The number of fused-ring (bicyclic) bond motifs is 1. The molecule has 0 aliphatic heterocycles. The Morgan fingerprint density at radius 2 is 2.07 bits per heavy atom. The van der Waals surface area contributed by atoms with Crippen LogP contribution in [0.15, 0.2) is 18.2 Å². The molecule has 1 aromatic heterocycles. The van der Waals surface area contributed by atoms with Gasteiger partial charge < -0.3 is 11.5 Å². The fraction of sp³-hybridized carbons (Fsp3) is 0.200. The van der Waals surface area contributed by atoms with E-state index in [-0.39, 0.29) is 0 Å². The Bertz CT molecular complexity index is 498. The lowest BCUT2D eigenvalue weighted by atomic mass is 10.2. The van der Waals surface area contributed by atoms with Crippen molar-refractivity contribution in [2.75, 3.05) is 12.3 Å². The van der Waals surface area contributed by atoms with Gasteiger partial charge in [0.2, 0.25) is 0 Å². The molecule has 0 aliphatic carbocycles. The second kappa shape index (κ2) is 4.00. The smallest absolute Gasteiger partial charge is 0.135 e. The molecular weight excluding hydrogens is 212 g/mol. The summed E-state index contributed by atoms with van der Waals surface area (Å²) >= 11 is 6.02. The Kier molecular flexibility index (Phi) is 2.70. The number of nitrogens with zero attached hydrogens (tertiary/aromatic N) is 2. The highest BCUT2D eigenvalue weighted by molar-refractivity contribution is 6.35. The van der Waals surface area contributed by atoms with E-state index in [1.165, 1.54) is 0 Å². The first-order valence-corrected chi connectivity index (χ1v) is 5.01. The van der Waals surface area contributed by atoms with E-state index >= 15 is 0 Å². The molecule has 0 saturated carbocycles. The first-order chi connectivity index (χ1) is 7.22. The topological polar surface area (TPSA) is 77.8 Å². The van der Waals surface area contributed by atoms with Crippen molar-refractivity contribution < 1.29 is 0 Å². The molecule has 1 heterocycles. The lowest BCUT2D eigenvalue weighted by Gasteiger charge is -2.05. The number of hydrogen-bond donors (Lipinski definition) is 2. The second-order valence-electron chi connectivity index (χ2n) is 3.20. The number of benzene rings is 1. The van der Waals surface area contributed by atoms with Crippen molar-refractivity contribution in [2.24, 2.45) is 5.73 Å². The molecule has 4 N–H and O–H groups in total. The van der Waals surface area contributed by atoms with Crippen LogP contribution < -0.4 is 11.5 Å². The Labute approximate surface area is 92.3 Å². The number of rotatable bonds is 2. The van der Waals surface area contributed by atoms with Crippen molar-refractivity contribution in [3.63, 3.8) is 0 Å². The molecule has 0 radical (unpaired) electrons. The summed E-state index contributed by atoms with van der Waals surface area (Å²) in [7, 11) is 0. The number of aromatic nitrogens is 2. The Hall–Kier alpha value is -1.39. The molecule has 0 spiro atoms. The number of para-hydroxylation sites is 1. The van der Waals surface area contributed by atoms with E-state index in [0.717, 1.165) is 5.39 Å². The zero-order chi connectivity index (χ0) is 10.8. The lowest BCUT2D eigenvalue weighted by molar-refractivity contribution is 0.882. The SMILES string of the molecule is NCCc1nc(N)c2cccc(Cl)c2n1. The van der Waals surface area contributed by atoms with Gasteiger partial charge in [0, 0.05) is 11.8 Å². The largest absolute Gasteiger partial charge is 0.383 e. The maximum absolute atomic E-state index is 6.02. The van der Waals surface area contributed by atoms with E-state index in [9.17, 15) is 0 Å². The van der Waals surface area contributed by atoms with Crippen molar-refractivity contribution in [3.05, 3.63) is 29.0 Å². The van der Waals surface area contributed by atoms with E-state index in [2.05, 4.69) is 9.97 Å². The molecule has 78 valence electrons. The van der Waals surface area contributed by atoms with Gasteiger partial charge in [-0.05, 0) is 18.7 Å². The van der Waals surface area contributed by atoms with Gasteiger partial charge in [0.1, 0.15) is 11.6 Å². The summed E-state index contributed by atoms with van der Waals surface area (Å²) in [5.74, 6) is 1.08. The Morgan fingerprint density at radius 3 is 2.80 bits per heavy atom. The van der Waals surface area contributed by atoms with Crippen molar-refractivity contribution in [1.82, 2.24) is 9.97 Å². The molecule has 15 heavy (non-hydrogen) atoms. The second-order valence-corrected chi connectivity index (χ2v) is 3.61. The van der Waals surface area contributed by atoms with Crippen LogP contribution in [0.2, 0.25) is 5.02 Å². The van der Waals surface area contributed by atoms with Crippen LogP contribution in [0.5, 0.6) is 0 Å². The van der Waals surface area contributed by atoms with Crippen molar-refractivity contribution in [3.8, 4) is 0 Å². The van der Waals surface area contributed by atoms with E-state index in [4.69, 9.17) is 23.1 Å². The third-order valence-electron chi connectivity index (χ3n) is 2.12. The van der Waals surface area contributed by atoms with Crippen LogP contribution in [0.25, 0.3) is 10.9 Å². The van der Waals surface area contributed by atoms with Crippen LogP contribution in [-0.4, -0.2) is 16.5 Å². The predicted octanol–water partition coefficient (Wildman–Crippen LogP) is 1.37. The molecule has 0 atom stereocenters. The molecule has 0 bridgehead atoms. The van der Waals surface area contributed by atoms with Gasteiger partial charge in [-0.3, -0.25) is 0 Å². The summed E-state index contributed by atoms with van der Waals surface area (Å²) < 4.78 is 0. The van der Waals surface area contributed by atoms with Crippen LogP contribution in [0.3, 0.4) is 0 Å². The summed E-state index contributed by atoms with van der Waals surface area (Å²) in [6.45, 7) is 0.495. The van der Waals surface area contributed by atoms with E-state index in [1.54, 1.807) is 6.07 Å². The molecule has 0 aliphatic rings. The van der Waals surface area contributed by atoms with Crippen LogP contribution in [0, 0.1) is 0 Å². The number of nitrogen functional groups attached to an aromatic ring is 1. The fourth-order valence-corrected chi connectivity index (χ4v) is 1.65. The molecule has 2 aromatic rings. The number of nitrogens with two attached hydrogens (primary N) is 2. The summed E-state index contributed by atoms with van der Waals surface area (Å²) in [6.07, 6.45) is 0.603. The van der Waals surface area contributed by atoms with E-state index in [0.29, 0.717) is 35.1 Å². The first-order valence-electron chi connectivity index (χ1n) is 4.63. The van der Waals surface area contributed by atoms with Gasteiger partial charge in [0.05, 0.1) is 10.5 Å². The lowest BCUT2D eigenvalue weighted by Crippen LogP contribution is -2.08. The molecule has 0 unspecified atom stereocenters. The third-order valence-corrected chi connectivity index (χ3v) is 2.43. The van der Waals surface area contributed by atoms with Crippen molar-refractivity contribution >= 4 is 28.3 Å². The van der Waals surface area contributed by atoms with Gasteiger partial charge in [-0.15, -0.1) is 0 Å². The van der Waals surface area contributed by atoms with E-state index in [1.807, 2.05) is 12.1 Å². The zero-order valence-electron chi connectivity index (χ0n) is 8.07. The quantitative estimate of drug-likeness (QED) is 0.805. The molecule has 1 aromatic carbocycles. The fourth-order valence-electron chi connectivity index (χ4n) is 1.43. The van der Waals surface area contributed by atoms with Gasteiger partial charge in [0.15, 0.2) is 0 Å². The maximum atomic E-state index is 6.02. The number of anilines is 1. The minimum Gasteiger partial charge on any atom is -0.383 e. The summed E-state index contributed by atoms with van der Waals surface area (Å²) in [5.41, 5.74) is 11.9. The van der Waals surface area contributed by atoms with Crippen LogP contribution in [0.1, 0.15) is 5.82 Å². The Morgan fingerprint density at radius 1 is 1.27 bits per heavy atom. The van der Waals surface area contributed by atoms with Crippen molar-refractivity contribution in [1.29, 1.82) is 0 Å². The highest BCUT2D eigenvalue weighted by Gasteiger charge is 2.06. The summed E-state index contributed by atoms with van der Waals surface area (Å²) in [6, 6.07) is 5.46. The molecule has 4 nitrogen and oxygen atoms in total. The van der Waals surface area contributed by atoms with Crippen LogP contribution >= 0.6 is 11.6 Å². The van der Waals surface area contributed by atoms with Crippen LogP contribution in [0.4, 0.5) is 5.82 Å². The minimum atomic E-state index is 0.450. The third kappa shape index (κ3) is 1.86. The number of hydrogen-bond acceptors (Lipinski definition) is 4. The number of halogens is 1. The summed E-state index contributed by atoms with van der Waals surface area (Å²) in [5, 5.41) is 1.36. The van der Waals surface area contributed by atoms with Gasteiger partial charge in [-0.25, -0.2) is 9.97 Å². The first kappa shape index (κ1) is 10.1. The monoisotopic (exact) mass is 222 g/mol. The minimum absolute atomic E-state index is 0.450. The molecule has 0 amide bonds. The van der Waals surface area contributed by atoms with Gasteiger partial charge in [-0.2, -0.15) is 0 Å². The highest BCUT2D eigenvalue weighted by atomic mass is 35.5. The maximum Gasteiger partial charge on any atom is 0.135 e. The molecule has 0 fully saturated rings. The highest BCUT2D eigenvalue weighted by Crippen LogP contribution is 2.24. The van der Waals surface area contributed by atoms with Crippen LogP contribution in [-0.2, 0) is 6.42 Å². The van der Waals surface area contributed by atoms with Gasteiger partial charge in [-0.1, -0.05) is 17.7 Å². The standard InChI is InChI=1S/C10H11ClN4/c11-7-3-1-2-6-9(7)14-8(4-5-12)15-10(6)13/h1-3H,4-5,12H2,(H2,13,14,15). The average Bonchev–Trinajstić information content (AvgIpc) is 2.20. The Balaban J connectivity index is 2.68. The molecule has 2 rings (SSSR count). The predicted molar refractivity (Wildman–Crippen MR) is 61.7 cm³/mol. The normalized spacial score (nSPS) is 10.8. The summed E-state index contributed by atoms with van der Waals surface area (Å²) in [4.78, 5) is 8.48. The molecule has 0 saturated heterocycles. The van der Waals surface area contributed by atoms with E-state index < -0.39 is 0 Å².